The van der Waals surface area contributed by atoms with E-state index in [-0.39, 0.29) is 11.8 Å². The first kappa shape index (κ1) is 15.6. The summed E-state index contributed by atoms with van der Waals surface area (Å²) in [4.78, 5) is 14.3. The highest BCUT2D eigenvalue weighted by atomic mass is 16.1. The Morgan fingerprint density at radius 2 is 1.78 bits per heavy atom. The maximum atomic E-state index is 12.0. The lowest BCUT2D eigenvalue weighted by molar-refractivity contribution is -0.122. The second-order valence-electron chi connectivity index (χ2n) is 6.16. The van der Waals surface area contributed by atoms with E-state index in [2.05, 4.69) is 53.5 Å². The van der Waals surface area contributed by atoms with Crippen LogP contribution in [0.2, 0.25) is 0 Å². The van der Waals surface area contributed by atoms with Gasteiger partial charge in [-0.3, -0.25) is 4.79 Å². The zero-order valence-electron chi connectivity index (χ0n) is 13.7. The number of carbonyl (C=O) groups is 1. The molecule has 0 aromatic heterocycles. The number of anilines is 2. The van der Waals surface area contributed by atoms with Crippen molar-refractivity contribution in [2.75, 3.05) is 16.8 Å². The molecule has 2 aromatic carbocycles. The molecule has 0 saturated heterocycles. The van der Waals surface area contributed by atoms with Gasteiger partial charge in [0.25, 0.3) is 0 Å². The van der Waals surface area contributed by atoms with E-state index in [1.807, 2.05) is 18.2 Å². The van der Waals surface area contributed by atoms with E-state index in [4.69, 9.17) is 0 Å². The van der Waals surface area contributed by atoms with Crippen LogP contribution in [-0.2, 0) is 11.3 Å². The third-order valence-electron chi connectivity index (χ3n) is 4.57. The van der Waals surface area contributed by atoms with Gasteiger partial charge in [-0.2, -0.15) is 0 Å². The molecule has 23 heavy (non-hydrogen) atoms. The molecule has 3 heteroatoms. The number of hydrogen-bond acceptors (Lipinski definition) is 2. The quantitative estimate of drug-likeness (QED) is 0.855. The Bertz CT molecular complexity index is 632. The van der Waals surface area contributed by atoms with Crippen molar-refractivity contribution < 1.29 is 4.79 Å². The van der Waals surface area contributed by atoms with E-state index in [0.717, 1.165) is 31.6 Å². The summed E-state index contributed by atoms with van der Waals surface area (Å²) in [7, 11) is 0. The lowest BCUT2D eigenvalue weighted by Gasteiger charge is -2.25. The highest BCUT2D eigenvalue weighted by molar-refractivity contribution is 5.93. The minimum Gasteiger partial charge on any atom is -0.367 e. The number of rotatable bonds is 6. The Hall–Kier alpha value is -2.29. The molecule has 3 rings (SSSR count). The molecule has 2 aromatic rings. The number of amides is 1. The average Bonchev–Trinajstić information content (AvgIpc) is 2.53. The molecular formula is C20H24N2O. The van der Waals surface area contributed by atoms with Crippen molar-refractivity contribution >= 4 is 17.3 Å². The van der Waals surface area contributed by atoms with Crippen molar-refractivity contribution in [1.29, 1.82) is 0 Å². The zero-order valence-corrected chi connectivity index (χ0v) is 13.7. The van der Waals surface area contributed by atoms with Crippen molar-refractivity contribution in [2.24, 2.45) is 5.92 Å². The smallest absolute Gasteiger partial charge is 0.227 e. The molecule has 120 valence electrons. The lowest BCUT2D eigenvalue weighted by atomic mass is 9.85. The molecule has 1 aliphatic rings. The van der Waals surface area contributed by atoms with E-state index in [9.17, 15) is 4.79 Å². The molecule has 0 heterocycles. The van der Waals surface area contributed by atoms with Gasteiger partial charge in [0.05, 0.1) is 0 Å². The maximum Gasteiger partial charge on any atom is 0.227 e. The van der Waals surface area contributed by atoms with Gasteiger partial charge < -0.3 is 10.2 Å². The molecule has 0 aliphatic heterocycles. The Labute approximate surface area is 138 Å². The summed E-state index contributed by atoms with van der Waals surface area (Å²) in [5.41, 5.74) is 3.37. The van der Waals surface area contributed by atoms with Gasteiger partial charge in [0.1, 0.15) is 0 Å². The predicted molar refractivity (Wildman–Crippen MR) is 95.6 cm³/mol. The van der Waals surface area contributed by atoms with Crippen LogP contribution in [0, 0.1) is 5.92 Å². The molecule has 0 atom stereocenters. The van der Waals surface area contributed by atoms with Gasteiger partial charge in [-0.15, -0.1) is 0 Å². The van der Waals surface area contributed by atoms with Crippen molar-refractivity contribution in [3.63, 3.8) is 0 Å². The Kier molecular flexibility index (Phi) is 4.96. The van der Waals surface area contributed by atoms with Crippen LogP contribution in [0.1, 0.15) is 31.7 Å². The lowest BCUT2D eigenvalue weighted by Crippen LogP contribution is -2.28. The fourth-order valence-electron chi connectivity index (χ4n) is 2.86. The minimum atomic E-state index is 0.167. The number of benzene rings is 2. The van der Waals surface area contributed by atoms with Crippen molar-refractivity contribution in [3.05, 3.63) is 60.2 Å². The van der Waals surface area contributed by atoms with E-state index >= 15 is 0 Å². The predicted octanol–water partition coefficient (Wildman–Crippen LogP) is 4.45. The number of nitrogens with zero attached hydrogens (tertiary/aromatic N) is 1. The van der Waals surface area contributed by atoms with Crippen LogP contribution in [0.25, 0.3) is 0 Å². The average molecular weight is 308 g/mol. The molecule has 3 nitrogen and oxygen atoms in total. The molecule has 1 aliphatic carbocycles. The van der Waals surface area contributed by atoms with Crippen LogP contribution < -0.4 is 10.2 Å². The molecule has 0 radical (unpaired) electrons. The van der Waals surface area contributed by atoms with Crippen LogP contribution in [-0.4, -0.2) is 12.5 Å². The first-order valence-electron chi connectivity index (χ1n) is 8.46. The zero-order chi connectivity index (χ0) is 16.1. The Morgan fingerprint density at radius 1 is 1.09 bits per heavy atom. The normalized spacial score (nSPS) is 14.1. The van der Waals surface area contributed by atoms with Gasteiger partial charge in [0, 0.05) is 30.4 Å². The van der Waals surface area contributed by atoms with Gasteiger partial charge in [0.2, 0.25) is 5.91 Å². The second-order valence-corrected chi connectivity index (χ2v) is 6.16. The molecule has 0 unspecified atom stereocenters. The van der Waals surface area contributed by atoms with Crippen LogP contribution in [0.3, 0.4) is 0 Å². The summed E-state index contributed by atoms with van der Waals surface area (Å²) in [5.74, 6) is 0.389. The van der Waals surface area contributed by atoms with Crippen LogP contribution in [0.4, 0.5) is 11.4 Å². The minimum absolute atomic E-state index is 0.167. The number of nitrogens with one attached hydrogen (secondary N) is 1. The molecule has 0 bridgehead atoms. The summed E-state index contributed by atoms with van der Waals surface area (Å²) in [6.45, 7) is 4.00. The molecule has 1 saturated carbocycles. The Morgan fingerprint density at radius 3 is 2.35 bits per heavy atom. The highest BCUT2D eigenvalue weighted by Gasteiger charge is 2.25. The Balaban J connectivity index is 1.63. The van der Waals surface area contributed by atoms with Crippen molar-refractivity contribution in [3.8, 4) is 0 Å². The summed E-state index contributed by atoms with van der Waals surface area (Å²) < 4.78 is 0. The van der Waals surface area contributed by atoms with E-state index < -0.39 is 0 Å². The summed E-state index contributed by atoms with van der Waals surface area (Å²) in [6, 6.07) is 18.7. The van der Waals surface area contributed by atoms with Crippen LogP contribution in [0.5, 0.6) is 0 Å². The maximum absolute atomic E-state index is 12.0. The van der Waals surface area contributed by atoms with Gasteiger partial charge in [-0.1, -0.05) is 36.8 Å². The standard InChI is InChI=1S/C20H24N2O/c1-2-22(15-16-7-4-3-5-8-16)19-13-11-18(12-14-19)21-20(23)17-9-6-10-17/h3-5,7-8,11-14,17H,2,6,9-10,15H2,1H3,(H,21,23). The SMILES string of the molecule is CCN(Cc1ccccc1)c1ccc(NC(=O)C2CCC2)cc1. The third kappa shape index (κ3) is 3.92. The van der Waals surface area contributed by atoms with Gasteiger partial charge in [-0.05, 0) is 49.6 Å². The molecule has 1 N–H and O–H groups in total. The van der Waals surface area contributed by atoms with E-state index in [1.165, 1.54) is 17.7 Å². The van der Waals surface area contributed by atoms with Gasteiger partial charge >= 0.3 is 0 Å². The summed E-state index contributed by atoms with van der Waals surface area (Å²) >= 11 is 0. The van der Waals surface area contributed by atoms with Gasteiger partial charge in [-0.25, -0.2) is 0 Å². The number of carbonyl (C=O) groups excluding carboxylic acids is 1. The summed E-state index contributed by atoms with van der Waals surface area (Å²) in [6.07, 6.45) is 3.25. The molecule has 1 fully saturated rings. The fourth-order valence-corrected chi connectivity index (χ4v) is 2.86. The third-order valence-corrected chi connectivity index (χ3v) is 4.57. The van der Waals surface area contributed by atoms with Crippen molar-refractivity contribution in [2.45, 2.75) is 32.7 Å². The summed E-state index contributed by atoms with van der Waals surface area (Å²) in [5, 5.41) is 3.02. The first-order valence-corrected chi connectivity index (χ1v) is 8.46. The second kappa shape index (κ2) is 7.32. The molecule has 0 spiro atoms. The van der Waals surface area contributed by atoms with E-state index in [1.54, 1.807) is 0 Å². The van der Waals surface area contributed by atoms with Gasteiger partial charge in [0.15, 0.2) is 0 Å². The largest absolute Gasteiger partial charge is 0.367 e. The monoisotopic (exact) mass is 308 g/mol. The fraction of sp³-hybridized carbons (Fsp3) is 0.350. The van der Waals surface area contributed by atoms with Crippen LogP contribution in [0.15, 0.2) is 54.6 Å². The molecule has 1 amide bonds. The van der Waals surface area contributed by atoms with Crippen LogP contribution >= 0.6 is 0 Å². The van der Waals surface area contributed by atoms with Crippen molar-refractivity contribution in [1.82, 2.24) is 0 Å². The topological polar surface area (TPSA) is 32.3 Å². The van der Waals surface area contributed by atoms with E-state index in [0.29, 0.717) is 0 Å². The first-order chi connectivity index (χ1) is 11.3. The number of hydrogen-bond donors (Lipinski definition) is 1. The highest BCUT2D eigenvalue weighted by Crippen LogP contribution is 2.28. The molecular weight excluding hydrogens is 284 g/mol.